The number of hydrogen-bond acceptors (Lipinski definition) is 4. The first kappa shape index (κ1) is 37.5. The number of rotatable bonds is 8. The van der Waals surface area contributed by atoms with Gasteiger partial charge in [-0.25, -0.2) is 0 Å². The second kappa shape index (κ2) is 20.3. The lowest BCUT2D eigenvalue weighted by atomic mass is 10.0. The van der Waals surface area contributed by atoms with E-state index in [9.17, 15) is 14.4 Å². The topological polar surface area (TPSA) is 72.5 Å². The summed E-state index contributed by atoms with van der Waals surface area (Å²) in [6, 6.07) is 15.2. The van der Waals surface area contributed by atoms with Crippen LogP contribution >= 0.6 is 11.6 Å². The van der Waals surface area contributed by atoms with Gasteiger partial charge in [-0.15, -0.1) is 11.6 Å². The minimum Gasteiger partial charge on any atom is -0.427 e. The highest BCUT2D eigenvalue weighted by Gasteiger charge is 2.17. The number of halogens is 1. The number of alkyl halides is 1. The Balaban J connectivity index is 0. The zero-order valence-corrected chi connectivity index (χ0v) is 25.3. The average molecular weight is 554 g/mol. The summed E-state index contributed by atoms with van der Waals surface area (Å²) in [5, 5.41) is 2.87. The summed E-state index contributed by atoms with van der Waals surface area (Å²) < 4.78 is 4.84. The number of hydrogen-bond donors (Lipinski definition) is 1. The quantitative estimate of drug-likeness (QED) is 0.154. The molecule has 2 aromatic rings. The van der Waals surface area contributed by atoms with Crippen molar-refractivity contribution in [2.75, 3.05) is 0 Å². The van der Waals surface area contributed by atoms with Crippen molar-refractivity contribution in [3.63, 3.8) is 0 Å². The molecule has 0 atom stereocenters. The van der Waals surface area contributed by atoms with E-state index in [1.54, 1.807) is 32.1 Å². The molecule has 2 rings (SSSR count). The summed E-state index contributed by atoms with van der Waals surface area (Å²) in [6.45, 7) is 26.5. The van der Waals surface area contributed by atoms with Crippen LogP contribution in [-0.4, -0.2) is 23.2 Å². The summed E-state index contributed by atoms with van der Waals surface area (Å²) in [5.74, 6) is 0.846. The lowest BCUT2D eigenvalue weighted by Gasteiger charge is -2.24. The number of carbonyl (C=O) groups is 3. The van der Waals surface area contributed by atoms with Crippen molar-refractivity contribution in [2.45, 2.75) is 66.3 Å². The third-order valence-corrected chi connectivity index (χ3v) is 5.38. The molecule has 0 aliphatic carbocycles. The summed E-state index contributed by atoms with van der Waals surface area (Å²) in [7, 11) is 0. The number of benzene rings is 2. The molecule has 0 saturated carbocycles. The molecule has 0 bridgehead atoms. The van der Waals surface area contributed by atoms with Crippen LogP contribution in [-0.2, 0) is 20.3 Å². The molecule has 6 heteroatoms. The van der Waals surface area contributed by atoms with Crippen LogP contribution in [0.1, 0.15) is 71.6 Å². The number of ketones is 1. The molecule has 0 heterocycles. The molecule has 2 aromatic carbocycles. The zero-order valence-electron chi connectivity index (χ0n) is 24.5. The van der Waals surface area contributed by atoms with Crippen LogP contribution in [0.3, 0.4) is 0 Å². The Morgan fingerprint density at radius 2 is 1.26 bits per heavy atom. The third kappa shape index (κ3) is 20.0. The van der Waals surface area contributed by atoms with Gasteiger partial charge in [0.1, 0.15) is 5.75 Å². The molecule has 0 unspecified atom stereocenters. The first-order valence-corrected chi connectivity index (χ1v) is 13.0. The van der Waals surface area contributed by atoms with E-state index in [1.165, 1.54) is 13.8 Å². The molecule has 0 saturated heterocycles. The van der Waals surface area contributed by atoms with Crippen LogP contribution < -0.4 is 10.1 Å². The van der Waals surface area contributed by atoms with Gasteiger partial charge < -0.3 is 10.1 Å². The van der Waals surface area contributed by atoms with E-state index >= 15 is 0 Å². The highest BCUT2D eigenvalue weighted by Crippen LogP contribution is 2.12. The van der Waals surface area contributed by atoms with Gasteiger partial charge in [0.15, 0.2) is 5.78 Å². The van der Waals surface area contributed by atoms with Gasteiger partial charge in [0.05, 0.1) is 0 Å². The summed E-state index contributed by atoms with van der Waals surface area (Å²) in [5.41, 5.74) is 4.35. The molecular formula is C33H44ClNO4. The van der Waals surface area contributed by atoms with Gasteiger partial charge in [-0.1, -0.05) is 81.8 Å². The third-order valence-electron chi connectivity index (χ3n) is 5.07. The van der Waals surface area contributed by atoms with Crippen molar-refractivity contribution in [3.8, 4) is 5.75 Å². The fraction of sp³-hybridized carbons (Fsp3) is 0.303. The fourth-order valence-corrected chi connectivity index (χ4v) is 2.26. The molecule has 0 aliphatic rings. The normalized spacial score (nSPS) is 9.44. The molecule has 5 nitrogen and oxygen atoms in total. The molecule has 39 heavy (non-hydrogen) atoms. The monoisotopic (exact) mass is 553 g/mol. The van der Waals surface area contributed by atoms with Gasteiger partial charge >= 0.3 is 5.97 Å². The van der Waals surface area contributed by atoms with Crippen molar-refractivity contribution < 1.29 is 19.1 Å². The Kier molecular flexibility index (Phi) is 19.5. The summed E-state index contributed by atoms with van der Waals surface area (Å²) >= 11 is 5.60. The predicted octanol–water partition coefficient (Wildman–Crippen LogP) is 8.34. The Labute approximate surface area is 240 Å². The highest BCUT2D eigenvalue weighted by atomic mass is 35.5. The average Bonchev–Trinajstić information content (AvgIpc) is 2.89. The van der Waals surface area contributed by atoms with Crippen molar-refractivity contribution in [3.05, 3.63) is 103 Å². The summed E-state index contributed by atoms with van der Waals surface area (Å²) in [6.07, 6.45) is 4.47. The Bertz CT molecular complexity index is 1090. The number of nitrogens with one attached hydrogen (secondary N) is 1. The number of ether oxygens (including phenoxy) is 1. The van der Waals surface area contributed by atoms with Crippen LogP contribution in [0, 0.1) is 0 Å². The minimum atomic E-state index is -0.304. The lowest BCUT2D eigenvalue weighted by molar-refractivity contribution is -0.132. The van der Waals surface area contributed by atoms with E-state index < -0.39 is 0 Å². The van der Waals surface area contributed by atoms with Crippen LogP contribution in [0.5, 0.6) is 5.75 Å². The lowest BCUT2D eigenvalue weighted by Crippen LogP contribution is -2.42. The number of carbonyl (C=O) groups excluding carboxylic acids is 3. The van der Waals surface area contributed by atoms with E-state index in [0.717, 1.165) is 23.1 Å². The molecule has 1 amide bonds. The molecule has 0 spiro atoms. The highest BCUT2D eigenvalue weighted by molar-refractivity contribution is 6.17. The summed E-state index contributed by atoms with van der Waals surface area (Å²) in [4.78, 5) is 31.7. The van der Waals surface area contributed by atoms with Crippen molar-refractivity contribution in [2.24, 2.45) is 0 Å². The second-order valence-corrected chi connectivity index (χ2v) is 9.52. The van der Waals surface area contributed by atoms with Gasteiger partial charge in [-0.2, -0.15) is 0 Å². The maximum absolute atomic E-state index is 11.1. The standard InChI is InChI=1S/C10H10O2.C9H9Cl.C9H17NO.C5H8O/c1-3-9-4-6-10(7-5-9)12-8(2)11;1-2-8-3-5-9(7-10)6-4-8;1-6-9(4,5)10-8(11)7(2)3;1-4(2)5(3)6/h3-7H,1H2,2H3;2-6H,1,7H2;2,6H2,1,3-5H3,(H,10,11);1H2,2-3H3. The van der Waals surface area contributed by atoms with Gasteiger partial charge in [-0.3, -0.25) is 14.4 Å². The van der Waals surface area contributed by atoms with Gasteiger partial charge in [0.2, 0.25) is 5.91 Å². The van der Waals surface area contributed by atoms with Crippen molar-refractivity contribution in [1.29, 1.82) is 0 Å². The Morgan fingerprint density at radius 1 is 0.846 bits per heavy atom. The molecular weight excluding hydrogens is 510 g/mol. The van der Waals surface area contributed by atoms with E-state index in [0.29, 0.717) is 22.8 Å². The second-order valence-electron chi connectivity index (χ2n) is 9.25. The predicted molar refractivity (Wildman–Crippen MR) is 167 cm³/mol. The first-order chi connectivity index (χ1) is 18.1. The first-order valence-electron chi connectivity index (χ1n) is 12.4. The molecule has 212 valence electrons. The zero-order chi connectivity index (χ0) is 30.6. The van der Waals surface area contributed by atoms with E-state index in [-0.39, 0.29) is 23.2 Å². The molecule has 0 aliphatic heterocycles. The maximum atomic E-state index is 11.1. The van der Waals surface area contributed by atoms with E-state index in [2.05, 4.69) is 31.6 Å². The molecule has 0 radical (unpaired) electrons. The van der Waals surface area contributed by atoms with Crippen molar-refractivity contribution in [1.82, 2.24) is 5.32 Å². The minimum absolute atomic E-state index is 0.0585. The van der Waals surface area contributed by atoms with Crippen LogP contribution in [0.15, 0.2) is 86.0 Å². The van der Waals surface area contributed by atoms with Crippen LogP contribution in [0.25, 0.3) is 12.2 Å². The Hall–Kier alpha value is -3.70. The van der Waals surface area contributed by atoms with Gasteiger partial charge in [0, 0.05) is 23.9 Å². The SMILES string of the molecule is C=C(C)C(=O)NC(C)(C)CC.C=C(C)C(C)=O.C=Cc1ccc(CCl)cc1.C=Cc1ccc(OC(C)=O)cc1. The molecule has 1 N–H and O–H groups in total. The number of Topliss-reactive ketones (excluding diaryl/α,β-unsaturated/α-hetero) is 1. The number of amides is 1. The van der Waals surface area contributed by atoms with Gasteiger partial charge in [0.25, 0.3) is 0 Å². The smallest absolute Gasteiger partial charge is 0.308 e. The van der Waals surface area contributed by atoms with Crippen LogP contribution in [0.2, 0.25) is 0 Å². The van der Waals surface area contributed by atoms with Crippen LogP contribution in [0.4, 0.5) is 0 Å². The van der Waals surface area contributed by atoms with Gasteiger partial charge in [-0.05, 0) is 75.4 Å². The number of esters is 1. The molecule has 0 fully saturated rings. The Morgan fingerprint density at radius 3 is 1.54 bits per heavy atom. The fourth-order valence-electron chi connectivity index (χ4n) is 2.08. The maximum Gasteiger partial charge on any atom is 0.308 e. The van der Waals surface area contributed by atoms with Crippen molar-refractivity contribution >= 4 is 41.4 Å². The number of allylic oxidation sites excluding steroid dienone is 1. The van der Waals surface area contributed by atoms with E-state index in [4.69, 9.17) is 16.3 Å². The molecule has 0 aromatic heterocycles. The largest absolute Gasteiger partial charge is 0.427 e. The van der Waals surface area contributed by atoms with E-state index in [1.807, 2.05) is 63.2 Å².